The van der Waals surface area contributed by atoms with Gasteiger partial charge in [0.05, 0.1) is 0 Å². The summed E-state index contributed by atoms with van der Waals surface area (Å²) in [6.45, 7) is 7.33. The molecule has 1 aromatic carbocycles. The van der Waals surface area contributed by atoms with Crippen molar-refractivity contribution in [2.75, 3.05) is 41.7 Å². The number of piperidine rings is 1. The molecule has 2 aromatic heterocycles. The Morgan fingerprint density at radius 3 is 2.84 bits per heavy atom. The number of carbonyl (C=O) groups excluding carboxylic acids is 1. The minimum absolute atomic E-state index is 0.0243. The number of benzene rings is 1. The highest BCUT2D eigenvalue weighted by Gasteiger charge is 2.28. The van der Waals surface area contributed by atoms with Crippen molar-refractivity contribution in [2.45, 2.75) is 51.6 Å². The molecule has 2 fully saturated rings. The third-order valence-electron chi connectivity index (χ3n) is 7.25. The zero-order valence-corrected chi connectivity index (χ0v) is 22.0. The Labute approximate surface area is 220 Å². The van der Waals surface area contributed by atoms with Crippen LogP contribution in [0.15, 0.2) is 36.5 Å². The zero-order valence-electron chi connectivity index (χ0n) is 21.2. The molecule has 0 aliphatic carbocycles. The quantitative estimate of drug-likeness (QED) is 0.451. The van der Waals surface area contributed by atoms with Crippen LogP contribution >= 0.6 is 11.3 Å². The van der Waals surface area contributed by atoms with Gasteiger partial charge in [0.15, 0.2) is 5.82 Å². The number of aromatic nitrogens is 4. The summed E-state index contributed by atoms with van der Waals surface area (Å²) in [5.74, 6) is 0.878. The van der Waals surface area contributed by atoms with Crippen molar-refractivity contribution in [1.29, 1.82) is 0 Å². The number of halogens is 1. The van der Waals surface area contributed by atoms with Crippen LogP contribution in [0.1, 0.15) is 49.8 Å². The van der Waals surface area contributed by atoms with Crippen molar-refractivity contribution in [1.82, 2.24) is 25.3 Å². The third-order valence-corrected chi connectivity index (χ3v) is 8.02. The number of aryl methyl sites for hydroxylation is 1. The van der Waals surface area contributed by atoms with E-state index in [1.54, 1.807) is 12.3 Å². The molecule has 37 heavy (non-hydrogen) atoms. The molecule has 2 aliphatic heterocycles. The molecule has 0 spiro atoms. The Morgan fingerprint density at radius 2 is 2.03 bits per heavy atom. The minimum Gasteiger partial charge on any atom is -0.355 e. The molecule has 9 nitrogen and oxygen atoms in total. The SMILES string of the molecule is Cc1ccc(C(C)N2CCC[C@@H](CC(=O)Nc3nnc(N[C@@H]4CCN(c5cccnn5)C4)s3)C2)c(F)c1. The standard InChI is InChI=1S/C26H33FN8OS/c1-17-7-8-21(22(27)13-17)18(2)34-11-4-5-19(15-34)14-24(36)30-26-33-32-25(37-26)29-20-9-12-35(16-20)23-6-3-10-28-31-23/h3,6-8,10,13,18-20H,4-5,9,11-12,14-16H2,1-2H3,(H,29,32)(H,30,33,36)/t18?,19-,20+/m0/s1. The van der Waals surface area contributed by atoms with E-state index in [1.807, 2.05) is 38.1 Å². The predicted molar refractivity (Wildman–Crippen MR) is 143 cm³/mol. The molecule has 4 heterocycles. The van der Waals surface area contributed by atoms with Crippen molar-refractivity contribution in [3.05, 3.63) is 53.5 Å². The summed E-state index contributed by atoms with van der Waals surface area (Å²) in [5, 5.41) is 24.0. The van der Waals surface area contributed by atoms with Gasteiger partial charge in [0.2, 0.25) is 16.2 Å². The fourth-order valence-corrected chi connectivity index (χ4v) is 6.01. The fourth-order valence-electron chi connectivity index (χ4n) is 5.27. The topological polar surface area (TPSA) is 99.2 Å². The van der Waals surface area contributed by atoms with Crippen molar-refractivity contribution >= 4 is 33.3 Å². The summed E-state index contributed by atoms with van der Waals surface area (Å²) in [7, 11) is 0. The zero-order chi connectivity index (χ0) is 25.8. The van der Waals surface area contributed by atoms with Gasteiger partial charge in [-0.3, -0.25) is 9.69 Å². The summed E-state index contributed by atoms with van der Waals surface area (Å²) in [5.41, 5.74) is 1.63. The lowest BCUT2D eigenvalue weighted by atomic mass is 9.92. The molecule has 2 saturated heterocycles. The number of amides is 1. The maximum absolute atomic E-state index is 14.5. The van der Waals surface area contributed by atoms with Crippen LogP contribution in [-0.4, -0.2) is 63.4 Å². The van der Waals surface area contributed by atoms with Crippen LogP contribution < -0.4 is 15.5 Å². The molecule has 1 amide bonds. The number of anilines is 3. The Kier molecular flexibility index (Phi) is 7.90. The molecular weight excluding hydrogens is 491 g/mol. The van der Waals surface area contributed by atoms with Crippen LogP contribution in [-0.2, 0) is 4.79 Å². The largest absolute Gasteiger partial charge is 0.355 e. The highest BCUT2D eigenvalue weighted by molar-refractivity contribution is 7.19. The van der Waals surface area contributed by atoms with E-state index < -0.39 is 0 Å². The Morgan fingerprint density at radius 1 is 1.16 bits per heavy atom. The first-order chi connectivity index (χ1) is 17.9. The Bertz CT molecular complexity index is 1210. The monoisotopic (exact) mass is 524 g/mol. The molecule has 0 radical (unpaired) electrons. The number of hydrogen-bond donors (Lipinski definition) is 2. The lowest BCUT2D eigenvalue weighted by molar-refractivity contribution is -0.117. The lowest BCUT2D eigenvalue weighted by Crippen LogP contribution is -2.38. The first kappa shape index (κ1) is 25.5. The average molecular weight is 525 g/mol. The Hall–Kier alpha value is -3.18. The van der Waals surface area contributed by atoms with Gasteiger partial charge < -0.3 is 15.5 Å². The van der Waals surface area contributed by atoms with E-state index in [2.05, 4.69) is 40.8 Å². The van der Waals surface area contributed by atoms with Crippen molar-refractivity contribution in [2.24, 2.45) is 5.92 Å². The fraction of sp³-hybridized carbons (Fsp3) is 0.500. The predicted octanol–water partition coefficient (Wildman–Crippen LogP) is 4.27. The van der Waals surface area contributed by atoms with Crippen LogP contribution in [0.25, 0.3) is 0 Å². The second-order valence-corrected chi connectivity index (χ2v) is 11.0. The smallest absolute Gasteiger partial charge is 0.226 e. The van der Waals surface area contributed by atoms with E-state index in [-0.39, 0.29) is 29.7 Å². The minimum atomic E-state index is -0.160. The highest BCUT2D eigenvalue weighted by atomic mass is 32.1. The van der Waals surface area contributed by atoms with Gasteiger partial charge in [-0.25, -0.2) is 4.39 Å². The van der Waals surface area contributed by atoms with Crippen LogP contribution in [0.5, 0.6) is 0 Å². The molecule has 11 heteroatoms. The van der Waals surface area contributed by atoms with Crippen molar-refractivity contribution < 1.29 is 9.18 Å². The second-order valence-electron chi connectivity index (χ2n) is 10.0. The number of carbonyl (C=O) groups is 1. The second kappa shape index (κ2) is 11.5. The van der Waals surface area contributed by atoms with Gasteiger partial charge in [-0.05, 0) is 69.3 Å². The molecule has 2 N–H and O–H groups in total. The van der Waals surface area contributed by atoms with Crippen molar-refractivity contribution in [3.8, 4) is 0 Å². The molecule has 3 aromatic rings. The maximum Gasteiger partial charge on any atom is 0.226 e. The van der Waals surface area contributed by atoms with Gasteiger partial charge in [-0.2, -0.15) is 5.10 Å². The number of nitrogens with one attached hydrogen (secondary N) is 2. The van der Waals surface area contributed by atoms with E-state index >= 15 is 0 Å². The Balaban J connectivity index is 1.10. The van der Waals surface area contributed by atoms with Crippen molar-refractivity contribution in [3.63, 3.8) is 0 Å². The molecule has 0 saturated carbocycles. The summed E-state index contributed by atoms with van der Waals surface area (Å²) >= 11 is 1.35. The molecule has 196 valence electrons. The molecule has 1 unspecified atom stereocenters. The van der Waals surface area contributed by atoms with E-state index in [0.29, 0.717) is 22.2 Å². The van der Waals surface area contributed by atoms with Crippen LogP contribution in [0.4, 0.5) is 20.5 Å². The lowest BCUT2D eigenvalue weighted by Gasteiger charge is -2.37. The first-order valence-electron chi connectivity index (χ1n) is 12.9. The van der Waals surface area contributed by atoms with Gasteiger partial charge in [0, 0.05) is 49.9 Å². The molecule has 5 rings (SSSR count). The first-order valence-corrected chi connectivity index (χ1v) is 13.7. The van der Waals surface area contributed by atoms with E-state index in [1.165, 1.54) is 11.3 Å². The average Bonchev–Trinajstić information content (AvgIpc) is 3.54. The molecule has 2 aliphatic rings. The van der Waals surface area contributed by atoms with E-state index in [9.17, 15) is 9.18 Å². The van der Waals surface area contributed by atoms with Crippen LogP contribution in [0.3, 0.4) is 0 Å². The summed E-state index contributed by atoms with van der Waals surface area (Å²) < 4.78 is 14.5. The van der Waals surface area contributed by atoms with Gasteiger partial charge in [0.1, 0.15) is 5.82 Å². The highest BCUT2D eigenvalue weighted by Crippen LogP contribution is 2.30. The molecular formula is C26H33FN8OS. The third kappa shape index (κ3) is 6.40. The molecule has 3 atom stereocenters. The van der Waals surface area contributed by atoms with Gasteiger partial charge >= 0.3 is 0 Å². The summed E-state index contributed by atoms with van der Waals surface area (Å²) in [4.78, 5) is 17.3. The number of hydrogen-bond acceptors (Lipinski definition) is 9. The number of nitrogens with zero attached hydrogens (tertiary/aromatic N) is 6. The van der Waals surface area contributed by atoms with Crippen LogP contribution in [0, 0.1) is 18.7 Å². The van der Waals surface area contributed by atoms with Crippen LogP contribution in [0.2, 0.25) is 0 Å². The number of likely N-dealkylation sites (tertiary alicyclic amines) is 1. The maximum atomic E-state index is 14.5. The molecule has 0 bridgehead atoms. The van der Waals surface area contributed by atoms with Gasteiger partial charge in [-0.15, -0.1) is 15.3 Å². The van der Waals surface area contributed by atoms with Gasteiger partial charge in [-0.1, -0.05) is 23.5 Å². The summed E-state index contributed by atoms with van der Waals surface area (Å²) in [6.07, 6.45) is 5.03. The van der Waals surface area contributed by atoms with E-state index in [0.717, 1.165) is 56.8 Å². The van der Waals surface area contributed by atoms with E-state index in [4.69, 9.17) is 0 Å². The van der Waals surface area contributed by atoms with Gasteiger partial charge in [0.25, 0.3) is 0 Å². The number of rotatable bonds is 8. The normalized spacial score (nSPS) is 21.1. The summed E-state index contributed by atoms with van der Waals surface area (Å²) in [6, 6.07) is 9.48.